The van der Waals surface area contributed by atoms with Crippen molar-refractivity contribution in [1.29, 1.82) is 0 Å². The maximum Gasteiger partial charge on any atom is 0.0892 e. The molecule has 2 heteroatoms. The third kappa shape index (κ3) is 3.33. The van der Waals surface area contributed by atoms with Crippen molar-refractivity contribution in [2.75, 3.05) is 7.11 Å². The molecule has 18 heavy (non-hydrogen) atoms. The number of methoxy groups -OCH3 is 1. The van der Waals surface area contributed by atoms with Crippen molar-refractivity contribution in [2.45, 2.75) is 37.7 Å². The minimum atomic E-state index is -0.985. The zero-order chi connectivity index (χ0) is 13.2. The molecule has 0 spiro atoms. The van der Waals surface area contributed by atoms with E-state index in [1.54, 1.807) is 0 Å². The van der Waals surface area contributed by atoms with Gasteiger partial charge in [-0.25, -0.2) is 0 Å². The van der Waals surface area contributed by atoms with Crippen LogP contribution >= 0.6 is 0 Å². The van der Waals surface area contributed by atoms with E-state index in [-0.39, 0.29) is 5.60 Å². The molecule has 1 aromatic carbocycles. The SMILES string of the molecule is CO[C@@]1(/C=C/c2ccccc2)C[C@H]1C[Si](C)(C)C. The summed E-state index contributed by atoms with van der Waals surface area (Å²) >= 11 is 0. The highest BCUT2D eigenvalue weighted by atomic mass is 28.3. The lowest BCUT2D eigenvalue weighted by Crippen LogP contribution is -2.23. The van der Waals surface area contributed by atoms with Gasteiger partial charge in [-0.1, -0.05) is 68.2 Å². The normalized spacial score (nSPS) is 27.7. The first kappa shape index (κ1) is 13.6. The molecule has 1 nitrogen and oxygen atoms in total. The largest absolute Gasteiger partial charge is 0.374 e. The predicted octanol–water partition coefficient (Wildman–Crippen LogP) is 4.44. The van der Waals surface area contributed by atoms with Crippen molar-refractivity contribution in [3.63, 3.8) is 0 Å². The molecule has 2 rings (SSSR count). The Kier molecular flexibility index (Phi) is 3.78. The molecule has 1 aliphatic carbocycles. The van der Waals surface area contributed by atoms with Gasteiger partial charge >= 0.3 is 0 Å². The van der Waals surface area contributed by atoms with Crippen molar-refractivity contribution in [3.05, 3.63) is 42.0 Å². The lowest BCUT2D eigenvalue weighted by Gasteiger charge is -2.18. The van der Waals surface area contributed by atoms with Gasteiger partial charge < -0.3 is 4.74 Å². The predicted molar refractivity (Wildman–Crippen MR) is 81.5 cm³/mol. The van der Waals surface area contributed by atoms with Crippen LogP contribution in [0.2, 0.25) is 25.7 Å². The molecule has 1 aromatic rings. The first-order valence-electron chi connectivity index (χ1n) is 6.75. The smallest absolute Gasteiger partial charge is 0.0892 e. The maximum atomic E-state index is 5.76. The number of hydrogen-bond acceptors (Lipinski definition) is 1. The van der Waals surface area contributed by atoms with Crippen LogP contribution < -0.4 is 0 Å². The van der Waals surface area contributed by atoms with Crippen LogP contribution in [0.15, 0.2) is 36.4 Å². The summed E-state index contributed by atoms with van der Waals surface area (Å²) in [5, 5.41) is 0. The highest BCUT2D eigenvalue weighted by molar-refractivity contribution is 6.76. The molecule has 1 aliphatic rings. The fourth-order valence-electron chi connectivity index (χ4n) is 2.63. The van der Waals surface area contributed by atoms with Crippen LogP contribution in [0.5, 0.6) is 0 Å². The molecule has 0 radical (unpaired) electrons. The van der Waals surface area contributed by atoms with Crippen LogP contribution in [0, 0.1) is 5.92 Å². The number of rotatable bonds is 5. The molecular weight excluding hydrogens is 236 g/mol. The average Bonchev–Trinajstić information content (AvgIpc) is 2.99. The molecule has 0 aliphatic heterocycles. The van der Waals surface area contributed by atoms with Crippen molar-refractivity contribution in [1.82, 2.24) is 0 Å². The summed E-state index contributed by atoms with van der Waals surface area (Å²) in [6, 6.07) is 11.8. The van der Waals surface area contributed by atoms with Gasteiger partial charge in [-0.3, -0.25) is 0 Å². The lowest BCUT2D eigenvalue weighted by atomic mass is 10.1. The van der Waals surface area contributed by atoms with Gasteiger partial charge in [-0.15, -0.1) is 0 Å². The summed E-state index contributed by atoms with van der Waals surface area (Å²) in [5.74, 6) is 0.731. The molecule has 0 unspecified atom stereocenters. The third-order valence-electron chi connectivity index (χ3n) is 3.69. The van der Waals surface area contributed by atoms with Crippen LogP contribution in [0.25, 0.3) is 6.08 Å². The van der Waals surface area contributed by atoms with Gasteiger partial charge in [0.25, 0.3) is 0 Å². The summed E-state index contributed by atoms with van der Waals surface area (Å²) in [6.07, 6.45) is 5.66. The summed E-state index contributed by atoms with van der Waals surface area (Å²) in [7, 11) is 0.862. The summed E-state index contributed by atoms with van der Waals surface area (Å²) in [6.45, 7) is 7.31. The Morgan fingerprint density at radius 3 is 2.50 bits per heavy atom. The third-order valence-corrected chi connectivity index (χ3v) is 5.41. The van der Waals surface area contributed by atoms with Crippen molar-refractivity contribution >= 4 is 14.1 Å². The van der Waals surface area contributed by atoms with Gasteiger partial charge in [0.05, 0.1) is 5.60 Å². The Balaban J connectivity index is 2.02. The molecule has 0 saturated heterocycles. The van der Waals surface area contributed by atoms with E-state index in [0.29, 0.717) is 0 Å². The molecule has 98 valence electrons. The Hall–Kier alpha value is -0.863. The first-order chi connectivity index (χ1) is 8.45. The first-order valence-corrected chi connectivity index (χ1v) is 10.5. The molecule has 0 heterocycles. The van der Waals surface area contributed by atoms with Gasteiger partial charge in [0.1, 0.15) is 0 Å². The minimum absolute atomic E-state index is 0.0239. The fraction of sp³-hybridized carbons (Fsp3) is 0.500. The van der Waals surface area contributed by atoms with Gasteiger partial charge in [0.15, 0.2) is 0 Å². The van der Waals surface area contributed by atoms with E-state index in [1.165, 1.54) is 18.0 Å². The second kappa shape index (κ2) is 5.02. The number of hydrogen-bond donors (Lipinski definition) is 0. The molecule has 0 amide bonds. The maximum absolute atomic E-state index is 5.76. The van der Waals surface area contributed by atoms with Gasteiger partial charge in [0.2, 0.25) is 0 Å². The Morgan fingerprint density at radius 2 is 1.94 bits per heavy atom. The van der Waals surface area contributed by atoms with Crippen molar-refractivity contribution in [3.8, 4) is 0 Å². The van der Waals surface area contributed by atoms with Crippen LogP contribution in [0.3, 0.4) is 0 Å². The highest BCUT2D eigenvalue weighted by Crippen LogP contribution is 2.52. The number of benzene rings is 1. The molecule has 0 bridgehead atoms. The number of ether oxygens (including phenoxy) is 1. The van der Waals surface area contributed by atoms with Crippen molar-refractivity contribution < 1.29 is 4.74 Å². The highest BCUT2D eigenvalue weighted by Gasteiger charge is 2.53. The summed E-state index contributed by atoms with van der Waals surface area (Å²) < 4.78 is 5.76. The zero-order valence-corrected chi connectivity index (χ0v) is 12.9. The zero-order valence-electron chi connectivity index (χ0n) is 11.9. The monoisotopic (exact) mass is 260 g/mol. The standard InChI is InChI=1S/C16H24OSi/c1-17-16(12-15(16)13-18(2,3)4)11-10-14-8-6-5-7-9-14/h5-11,15H,12-13H2,1-4H3/b11-10+/t15-,16-/m0/s1. The minimum Gasteiger partial charge on any atom is -0.374 e. The van der Waals surface area contributed by atoms with Gasteiger partial charge in [0, 0.05) is 15.2 Å². The van der Waals surface area contributed by atoms with Crippen molar-refractivity contribution in [2.24, 2.45) is 5.92 Å². The van der Waals surface area contributed by atoms with Crippen LogP contribution in [0.1, 0.15) is 12.0 Å². The second-order valence-electron chi connectivity index (χ2n) is 6.57. The van der Waals surface area contributed by atoms with E-state index in [0.717, 1.165) is 5.92 Å². The molecule has 1 fully saturated rings. The van der Waals surface area contributed by atoms with Gasteiger partial charge in [-0.2, -0.15) is 0 Å². The van der Waals surface area contributed by atoms with Gasteiger partial charge in [-0.05, 0) is 17.9 Å². The quantitative estimate of drug-likeness (QED) is 0.711. The van der Waals surface area contributed by atoms with E-state index in [4.69, 9.17) is 4.74 Å². The molecule has 2 atom stereocenters. The Labute approximate surface area is 112 Å². The average molecular weight is 260 g/mol. The van der Waals surface area contributed by atoms with Crippen LogP contribution in [-0.2, 0) is 4.74 Å². The lowest BCUT2D eigenvalue weighted by molar-refractivity contribution is 0.109. The van der Waals surface area contributed by atoms with E-state index < -0.39 is 8.07 Å². The fourth-order valence-corrected chi connectivity index (χ4v) is 4.60. The molecule has 0 N–H and O–H groups in total. The Bertz CT molecular complexity index is 418. The summed E-state index contributed by atoms with van der Waals surface area (Å²) in [5.41, 5.74) is 1.28. The van der Waals surface area contributed by atoms with E-state index >= 15 is 0 Å². The molecule has 1 saturated carbocycles. The molecular formula is C16H24OSi. The topological polar surface area (TPSA) is 9.23 Å². The second-order valence-corrected chi connectivity index (χ2v) is 12.1. The van der Waals surface area contributed by atoms with Crippen LogP contribution in [-0.4, -0.2) is 20.8 Å². The molecule has 0 aromatic heterocycles. The van der Waals surface area contributed by atoms with E-state index in [1.807, 2.05) is 7.11 Å². The Morgan fingerprint density at radius 1 is 1.28 bits per heavy atom. The van der Waals surface area contributed by atoms with E-state index in [2.05, 4.69) is 62.1 Å². The van der Waals surface area contributed by atoms with E-state index in [9.17, 15) is 0 Å². The van der Waals surface area contributed by atoms with Crippen LogP contribution in [0.4, 0.5) is 0 Å². The summed E-state index contributed by atoms with van der Waals surface area (Å²) in [4.78, 5) is 0.